The van der Waals surface area contributed by atoms with Gasteiger partial charge < -0.3 is 0 Å². The minimum absolute atomic E-state index is 0.238. The van der Waals surface area contributed by atoms with Gasteiger partial charge in [-0.2, -0.15) is 0 Å². The van der Waals surface area contributed by atoms with Gasteiger partial charge in [-0.25, -0.2) is 21.9 Å². The summed E-state index contributed by atoms with van der Waals surface area (Å²) in [6.07, 6.45) is 1.89. The molecule has 2 aromatic rings. The Morgan fingerprint density at radius 1 is 1.00 bits per heavy atom. The molecule has 1 atom stereocenters. The molecule has 2 aromatic carbocycles. The molecule has 1 N–H and O–H groups in total. The highest BCUT2D eigenvalue weighted by Gasteiger charge is 2.35. The zero-order chi connectivity index (χ0) is 15.7. The van der Waals surface area contributed by atoms with Crippen LogP contribution in [-0.2, 0) is 10.0 Å². The molecule has 3 rings (SSSR count). The quantitative estimate of drug-likeness (QED) is 0.917. The second-order valence-electron chi connectivity index (χ2n) is 5.42. The SMILES string of the molecule is O=S(=O)(N[C@H](c1ccccc1)C1CC1)c1ccc(F)c(F)c1. The third kappa shape index (κ3) is 3.18. The predicted molar refractivity (Wildman–Crippen MR) is 78.6 cm³/mol. The standard InChI is InChI=1S/C16H15F2NO2S/c17-14-9-8-13(10-15(14)18)22(20,21)19-16(12-6-7-12)11-4-2-1-3-5-11/h1-5,8-10,12,16,19H,6-7H2/t16-/m1/s1. The lowest BCUT2D eigenvalue weighted by atomic mass is 10.0. The van der Waals surface area contributed by atoms with E-state index in [0.717, 1.165) is 30.5 Å². The van der Waals surface area contributed by atoms with E-state index in [-0.39, 0.29) is 16.9 Å². The Balaban J connectivity index is 1.90. The van der Waals surface area contributed by atoms with Crippen LogP contribution < -0.4 is 4.72 Å². The van der Waals surface area contributed by atoms with Gasteiger partial charge >= 0.3 is 0 Å². The molecule has 1 aliphatic carbocycles. The van der Waals surface area contributed by atoms with Crippen LogP contribution in [0.2, 0.25) is 0 Å². The predicted octanol–water partition coefficient (Wildman–Crippen LogP) is 3.39. The normalized spacial score (nSPS) is 16.5. The smallest absolute Gasteiger partial charge is 0.207 e. The Morgan fingerprint density at radius 3 is 2.27 bits per heavy atom. The third-order valence-corrected chi connectivity index (χ3v) is 5.17. The van der Waals surface area contributed by atoms with Crippen molar-refractivity contribution in [2.45, 2.75) is 23.8 Å². The van der Waals surface area contributed by atoms with Crippen molar-refractivity contribution in [3.8, 4) is 0 Å². The molecule has 0 heterocycles. The average Bonchev–Trinajstić information content (AvgIpc) is 3.33. The van der Waals surface area contributed by atoms with Crippen LogP contribution in [0.1, 0.15) is 24.4 Å². The lowest BCUT2D eigenvalue weighted by Gasteiger charge is -2.19. The van der Waals surface area contributed by atoms with Gasteiger partial charge in [0, 0.05) is 6.04 Å². The number of hydrogen-bond acceptors (Lipinski definition) is 2. The van der Waals surface area contributed by atoms with Gasteiger partial charge in [0.25, 0.3) is 0 Å². The zero-order valence-corrected chi connectivity index (χ0v) is 12.5. The maximum Gasteiger partial charge on any atom is 0.241 e. The lowest BCUT2D eigenvalue weighted by molar-refractivity contribution is 0.501. The summed E-state index contributed by atoms with van der Waals surface area (Å²) in [5.41, 5.74) is 0.871. The van der Waals surface area contributed by atoms with Crippen LogP contribution in [0.4, 0.5) is 8.78 Å². The average molecular weight is 323 g/mol. The van der Waals surface area contributed by atoms with E-state index >= 15 is 0 Å². The maximum atomic E-state index is 13.3. The molecule has 1 aliphatic rings. The van der Waals surface area contributed by atoms with Crippen molar-refractivity contribution < 1.29 is 17.2 Å². The van der Waals surface area contributed by atoms with Crippen molar-refractivity contribution in [1.29, 1.82) is 0 Å². The second-order valence-corrected chi connectivity index (χ2v) is 7.14. The number of benzene rings is 2. The molecule has 0 unspecified atom stereocenters. The van der Waals surface area contributed by atoms with Crippen LogP contribution in [0.15, 0.2) is 53.4 Å². The van der Waals surface area contributed by atoms with Crippen molar-refractivity contribution in [2.24, 2.45) is 5.92 Å². The first-order chi connectivity index (χ1) is 10.5. The van der Waals surface area contributed by atoms with Crippen LogP contribution in [0.3, 0.4) is 0 Å². The third-order valence-electron chi connectivity index (χ3n) is 3.74. The topological polar surface area (TPSA) is 46.2 Å². The maximum absolute atomic E-state index is 13.3. The second kappa shape index (κ2) is 5.78. The summed E-state index contributed by atoms with van der Waals surface area (Å²) >= 11 is 0. The fraction of sp³-hybridized carbons (Fsp3) is 0.250. The molecule has 1 saturated carbocycles. The molecule has 3 nitrogen and oxygen atoms in total. The monoisotopic (exact) mass is 323 g/mol. The van der Waals surface area contributed by atoms with E-state index in [4.69, 9.17) is 0 Å². The molecule has 0 amide bonds. The molecule has 0 aliphatic heterocycles. The summed E-state index contributed by atoms with van der Waals surface area (Å²) in [5.74, 6) is -2.01. The highest BCUT2D eigenvalue weighted by Crippen LogP contribution is 2.41. The van der Waals surface area contributed by atoms with Crippen LogP contribution in [0.5, 0.6) is 0 Å². The molecule has 0 spiro atoms. The summed E-state index contributed by atoms with van der Waals surface area (Å²) in [6, 6.07) is 11.5. The highest BCUT2D eigenvalue weighted by molar-refractivity contribution is 7.89. The Labute approximate surface area is 128 Å². The van der Waals surface area contributed by atoms with Gasteiger partial charge in [-0.3, -0.25) is 0 Å². The Kier molecular flexibility index (Phi) is 3.97. The number of sulfonamides is 1. The van der Waals surface area contributed by atoms with Crippen molar-refractivity contribution in [2.75, 3.05) is 0 Å². The molecule has 0 aromatic heterocycles. The van der Waals surface area contributed by atoms with E-state index in [1.165, 1.54) is 0 Å². The van der Waals surface area contributed by atoms with Gasteiger partial charge in [-0.15, -0.1) is 0 Å². The highest BCUT2D eigenvalue weighted by atomic mass is 32.2. The number of nitrogens with one attached hydrogen (secondary N) is 1. The summed E-state index contributed by atoms with van der Waals surface area (Å²) < 4.78 is 53.7. The van der Waals surface area contributed by atoms with Gasteiger partial charge in [-0.1, -0.05) is 30.3 Å². The number of rotatable bonds is 5. The summed E-state index contributed by atoms with van der Waals surface area (Å²) in [6.45, 7) is 0. The van der Waals surface area contributed by atoms with Gasteiger partial charge in [0.2, 0.25) is 10.0 Å². The van der Waals surface area contributed by atoms with Crippen molar-refractivity contribution in [1.82, 2.24) is 4.72 Å². The zero-order valence-electron chi connectivity index (χ0n) is 11.7. The first-order valence-electron chi connectivity index (χ1n) is 7.00. The molecule has 0 saturated heterocycles. The molecule has 22 heavy (non-hydrogen) atoms. The van der Waals surface area contributed by atoms with Gasteiger partial charge in [0.15, 0.2) is 11.6 Å². The number of halogens is 2. The Hall–Kier alpha value is -1.79. The molecule has 116 valence electrons. The van der Waals surface area contributed by atoms with Gasteiger partial charge in [-0.05, 0) is 42.5 Å². The Bertz CT molecular complexity index is 774. The van der Waals surface area contributed by atoms with Crippen molar-refractivity contribution >= 4 is 10.0 Å². The molecular weight excluding hydrogens is 308 g/mol. The fourth-order valence-corrected chi connectivity index (χ4v) is 3.71. The van der Waals surface area contributed by atoms with E-state index in [1.807, 2.05) is 30.3 Å². The van der Waals surface area contributed by atoms with Crippen molar-refractivity contribution in [3.63, 3.8) is 0 Å². The molecule has 6 heteroatoms. The minimum Gasteiger partial charge on any atom is -0.207 e. The van der Waals surface area contributed by atoms with Crippen LogP contribution in [0, 0.1) is 17.6 Å². The van der Waals surface area contributed by atoms with Crippen molar-refractivity contribution in [3.05, 3.63) is 65.7 Å². The van der Waals surface area contributed by atoms with E-state index in [9.17, 15) is 17.2 Å². The number of hydrogen-bond donors (Lipinski definition) is 1. The summed E-state index contributed by atoms with van der Waals surface area (Å²) in [4.78, 5) is -0.270. The first-order valence-corrected chi connectivity index (χ1v) is 8.48. The molecule has 0 bridgehead atoms. The molecule has 1 fully saturated rings. The summed E-state index contributed by atoms with van der Waals surface area (Å²) in [7, 11) is -3.91. The van der Waals surface area contributed by atoms with E-state index < -0.39 is 21.7 Å². The van der Waals surface area contributed by atoms with Crippen LogP contribution in [-0.4, -0.2) is 8.42 Å². The fourth-order valence-electron chi connectivity index (χ4n) is 2.41. The summed E-state index contributed by atoms with van der Waals surface area (Å²) in [5, 5.41) is 0. The van der Waals surface area contributed by atoms with E-state index in [2.05, 4.69) is 4.72 Å². The largest absolute Gasteiger partial charge is 0.241 e. The van der Waals surface area contributed by atoms with Gasteiger partial charge in [0.1, 0.15) is 0 Å². The first kappa shape index (κ1) is 15.1. The minimum atomic E-state index is -3.91. The lowest BCUT2D eigenvalue weighted by Crippen LogP contribution is -2.30. The van der Waals surface area contributed by atoms with Gasteiger partial charge in [0.05, 0.1) is 4.90 Å². The molecular formula is C16H15F2NO2S. The van der Waals surface area contributed by atoms with E-state index in [0.29, 0.717) is 6.07 Å². The molecule has 0 radical (unpaired) electrons. The van der Waals surface area contributed by atoms with Crippen LogP contribution >= 0.6 is 0 Å². The van der Waals surface area contributed by atoms with Crippen LogP contribution in [0.25, 0.3) is 0 Å². The Morgan fingerprint density at radius 2 is 1.68 bits per heavy atom. The van der Waals surface area contributed by atoms with E-state index in [1.54, 1.807) is 0 Å².